The second-order valence-corrected chi connectivity index (χ2v) is 2.58. The van der Waals surface area contributed by atoms with Crippen LogP contribution in [0.4, 0.5) is 4.39 Å². The predicted octanol–water partition coefficient (Wildman–Crippen LogP) is 1.14. The zero-order chi connectivity index (χ0) is 10.3. The number of alkyl halides is 1. The van der Waals surface area contributed by atoms with E-state index < -0.39 is 18.1 Å². The van der Waals surface area contributed by atoms with Crippen LogP contribution in [0.15, 0.2) is 0 Å². The van der Waals surface area contributed by atoms with Crippen LogP contribution in [0, 0.1) is 0 Å². The molecule has 76 valence electrons. The monoisotopic (exact) mass is 192 g/mol. The topological polar surface area (TPSA) is 63.6 Å². The van der Waals surface area contributed by atoms with E-state index in [4.69, 9.17) is 5.11 Å². The van der Waals surface area contributed by atoms with Gasteiger partial charge in [0.25, 0.3) is 6.17 Å². The van der Waals surface area contributed by atoms with Crippen LogP contribution in [0.1, 0.15) is 26.2 Å². The highest BCUT2D eigenvalue weighted by Gasteiger charge is 2.26. The van der Waals surface area contributed by atoms with Crippen molar-refractivity contribution in [1.29, 1.82) is 0 Å². The lowest BCUT2D eigenvalue weighted by Crippen LogP contribution is -2.27. The molecule has 0 aromatic rings. The summed E-state index contributed by atoms with van der Waals surface area (Å²) in [6.45, 7) is 2.05. The van der Waals surface area contributed by atoms with E-state index in [1.165, 1.54) is 0 Å². The van der Waals surface area contributed by atoms with E-state index >= 15 is 0 Å². The number of carbonyl (C=O) groups excluding carboxylic acids is 1. The Morgan fingerprint density at radius 1 is 1.46 bits per heavy atom. The van der Waals surface area contributed by atoms with Gasteiger partial charge < -0.3 is 9.84 Å². The Kier molecular flexibility index (Phi) is 5.84. The number of hydrogen-bond acceptors (Lipinski definition) is 3. The molecule has 0 amide bonds. The lowest BCUT2D eigenvalue weighted by Gasteiger charge is -2.04. The molecule has 0 rings (SSSR count). The molecule has 0 saturated heterocycles. The van der Waals surface area contributed by atoms with Crippen LogP contribution in [0.3, 0.4) is 0 Å². The average molecular weight is 192 g/mol. The molecule has 0 heterocycles. The number of unbranched alkanes of at least 4 members (excludes halogenated alkanes) is 2. The molecule has 0 aliphatic heterocycles. The molecule has 5 heteroatoms. The van der Waals surface area contributed by atoms with Gasteiger partial charge in [0.05, 0.1) is 6.61 Å². The molecule has 0 bridgehead atoms. The quantitative estimate of drug-likeness (QED) is 0.389. The number of carboxylic acid groups (broad SMARTS) is 1. The van der Waals surface area contributed by atoms with Crippen LogP contribution in [0.25, 0.3) is 0 Å². The van der Waals surface area contributed by atoms with Crippen LogP contribution in [0.5, 0.6) is 0 Å². The molecule has 0 aliphatic rings. The zero-order valence-corrected chi connectivity index (χ0v) is 7.46. The van der Waals surface area contributed by atoms with Crippen LogP contribution in [-0.4, -0.2) is 29.8 Å². The molecule has 0 aromatic carbocycles. The van der Waals surface area contributed by atoms with Gasteiger partial charge in [-0.2, -0.15) is 0 Å². The van der Waals surface area contributed by atoms with E-state index in [1.54, 1.807) is 0 Å². The minimum Gasteiger partial charge on any atom is -0.479 e. The van der Waals surface area contributed by atoms with E-state index in [0.29, 0.717) is 6.42 Å². The molecule has 0 saturated carbocycles. The summed E-state index contributed by atoms with van der Waals surface area (Å²) in [5.41, 5.74) is 0. The first-order valence-electron chi connectivity index (χ1n) is 4.13. The number of aliphatic carboxylic acids is 1. The number of carboxylic acids is 1. The third-order valence-electron chi connectivity index (χ3n) is 1.42. The summed E-state index contributed by atoms with van der Waals surface area (Å²) in [5.74, 6) is -3.12. The van der Waals surface area contributed by atoms with E-state index in [1.807, 2.05) is 6.92 Å². The number of ether oxygens (including phenoxy) is 1. The van der Waals surface area contributed by atoms with Gasteiger partial charge in [0, 0.05) is 0 Å². The Bertz CT molecular complexity index is 181. The maximum Gasteiger partial charge on any atom is 0.352 e. The van der Waals surface area contributed by atoms with E-state index in [0.717, 1.165) is 12.8 Å². The van der Waals surface area contributed by atoms with Crippen molar-refractivity contribution in [3.8, 4) is 0 Å². The number of halogens is 1. The van der Waals surface area contributed by atoms with Crippen LogP contribution < -0.4 is 0 Å². The van der Waals surface area contributed by atoms with Gasteiger partial charge in [-0.3, -0.25) is 0 Å². The molecule has 0 aliphatic carbocycles. The largest absolute Gasteiger partial charge is 0.479 e. The second-order valence-electron chi connectivity index (χ2n) is 2.58. The van der Waals surface area contributed by atoms with Gasteiger partial charge >= 0.3 is 11.9 Å². The Labute approximate surface area is 75.7 Å². The molecular formula is C8H13FO4. The van der Waals surface area contributed by atoms with Crippen molar-refractivity contribution < 1.29 is 23.8 Å². The minimum atomic E-state index is -2.55. The zero-order valence-electron chi connectivity index (χ0n) is 7.46. The number of rotatable bonds is 6. The molecule has 1 atom stereocenters. The Hall–Kier alpha value is -1.13. The highest BCUT2D eigenvalue weighted by Crippen LogP contribution is 1.98. The SMILES string of the molecule is CCCCCOC(=O)C(F)C(=O)O. The lowest BCUT2D eigenvalue weighted by atomic mass is 10.3. The highest BCUT2D eigenvalue weighted by atomic mass is 19.1. The molecule has 0 spiro atoms. The first-order chi connectivity index (χ1) is 6.09. The van der Waals surface area contributed by atoms with E-state index in [9.17, 15) is 14.0 Å². The number of carbonyl (C=O) groups is 2. The predicted molar refractivity (Wildman–Crippen MR) is 43.0 cm³/mol. The van der Waals surface area contributed by atoms with Crippen molar-refractivity contribution in [3.05, 3.63) is 0 Å². The highest BCUT2D eigenvalue weighted by molar-refractivity contribution is 5.96. The summed E-state index contributed by atoms with van der Waals surface area (Å²) in [4.78, 5) is 20.5. The standard InChI is InChI=1S/C8H13FO4/c1-2-3-4-5-13-8(12)6(9)7(10)11/h6H,2-5H2,1H3,(H,10,11). The van der Waals surface area contributed by atoms with Gasteiger partial charge in [0.15, 0.2) is 0 Å². The molecule has 0 aromatic heterocycles. The average Bonchev–Trinajstić information content (AvgIpc) is 2.10. The van der Waals surface area contributed by atoms with Crippen molar-refractivity contribution in [2.24, 2.45) is 0 Å². The fourth-order valence-corrected chi connectivity index (χ4v) is 0.699. The van der Waals surface area contributed by atoms with Crippen molar-refractivity contribution in [1.82, 2.24) is 0 Å². The second kappa shape index (κ2) is 6.39. The molecule has 4 nitrogen and oxygen atoms in total. The van der Waals surface area contributed by atoms with Gasteiger partial charge in [0.1, 0.15) is 0 Å². The molecule has 1 unspecified atom stereocenters. The van der Waals surface area contributed by atoms with Crippen LogP contribution in [-0.2, 0) is 14.3 Å². The maximum absolute atomic E-state index is 12.4. The molecule has 1 N–H and O–H groups in total. The van der Waals surface area contributed by atoms with Crippen molar-refractivity contribution in [3.63, 3.8) is 0 Å². The first kappa shape index (κ1) is 11.9. The molecule has 0 radical (unpaired) electrons. The smallest absolute Gasteiger partial charge is 0.352 e. The van der Waals surface area contributed by atoms with E-state index in [-0.39, 0.29) is 6.61 Å². The molecule has 0 fully saturated rings. The normalized spacial score (nSPS) is 12.2. The fraction of sp³-hybridized carbons (Fsp3) is 0.750. The summed E-state index contributed by atoms with van der Waals surface area (Å²) in [6, 6.07) is 0. The van der Waals surface area contributed by atoms with Gasteiger partial charge in [-0.05, 0) is 6.42 Å². The van der Waals surface area contributed by atoms with Crippen molar-refractivity contribution >= 4 is 11.9 Å². The van der Waals surface area contributed by atoms with Crippen LogP contribution >= 0.6 is 0 Å². The summed E-state index contributed by atoms with van der Waals surface area (Å²) >= 11 is 0. The summed E-state index contributed by atoms with van der Waals surface area (Å²) in [5, 5.41) is 8.08. The minimum absolute atomic E-state index is 0.0837. The fourth-order valence-electron chi connectivity index (χ4n) is 0.699. The number of hydrogen-bond donors (Lipinski definition) is 1. The Balaban J connectivity index is 3.56. The molecule has 13 heavy (non-hydrogen) atoms. The maximum atomic E-state index is 12.4. The van der Waals surface area contributed by atoms with Gasteiger partial charge in [0.2, 0.25) is 0 Å². The Morgan fingerprint density at radius 3 is 2.54 bits per heavy atom. The van der Waals surface area contributed by atoms with E-state index in [2.05, 4.69) is 4.74 Å². The van der Waals surface area contributed by atoms with Crippen molar-refractivity contribution in [2.75, 3.05) is 6.61 Å². The number of esters is 1. The Morgan fingerprint density at radius 2 is 2.08 bits per heavy atom. The van der Waals surface area contributed by atoms with Crippen LogP contribution in [0.2, 0.25) is 0 Å². The first-order valence-corrected chi connectivity index (χ1v) is 4.13. The van der Waals surface area contributed by atoms with Gasteiger partial charge in [-0.25, -0.2) is 14.0 Å². The molecular weight excluding hydrogens is 179 g/mol. The van der Waals surface area contributed by atoms with Gasteiger partial charge in [-0.1, -0.05) is 19.8 Å². The summed E-state index contributed by atoms with van der Waals surface area (Å²) in [6.07, 6.45) is -0.0943. The third kappa shape index (κ3) is 5.16. The lowest BCUT2D eigenvalue weighted by molar-refractivity contribution is -0.160. The third-order valence-corrected chi connectivity index (χ3v) is 1.42. The summed E-state index contributed by atoms with van der Waals surface area (Å²) < 4.78 is 16.7. The van der Waals surface area contributed by atoms with Gasteiger partial charge in [-0.15, -0.1) is 0 Å². The summed E-state index contributed by atoms with van der Waals surface area (Å²) in [7, 11) is 0. The van der Waals surface area contributed by atoms with Crippen molar-refractivity contribution in [2.45, 2.75) is 32.4 Å².